The Bertz CT molecular complexity index is 1690. The molecule has 2 aliphatic rings. The van der Waals surface area contributed by atoms with Gasteiger partial charge >= 0.3 is 0 Å². The summed E-state index contributed by atoms with van der Waals surface area (Å²) >= 11 is 0. The lowest BCUT2D eigenvalue weighted by atomic mass is 9.95. The molecule has 11 heteroatoms. The largest absolute Gasteiger partial charge is 0.497 e. The number of carbonyl (C=O) groups is 2. The molecule has 1 saturated heterocycles. The Hall–Kier alpha value is -4.12. The van der Waals surface area contributed by atoms with Gasteiger partial charge in [-0.3, -0.25) is 14.3 Å². The van der Waals surface area contributed by atoms with Crippen molar-refractivity contribution in [2.45, 2.75) is 38.1 Å². The minimum Gasteiger partial charge on any atom is -0.497 e. The fraction of sp³-hybridized carbons (Fsp3) is 0.321. The molecular weight excluding hydrogens is 520 g/mol. The van der Waals surface area contributed by atoms with Gasteiger partial charge in [-0.2, -0.15) is 5.10 Å². The summed E-state index contributed by atoms with van der Waals surface area (Å²) in [6, 6.07) is 13.7. The van der Waals surface area contributed by atoms with Crippen LogP contribution >= 0.6 is 0 Å². The number of sulfone groups is 1. The van der Waals surface area contributed by atoms with Crippen LogP contribution in [0.4, 0.5) is 11.4 Å². The highest BCUT2D eigenvalue weighted by Gasteiger charge is 2.35. The Morgan fingerprint density at radius 2 is 1.79 bits per heavy atom. The number of anilines is 2. The van der Waals surface area contributed by atoms with Gasteiger partial charge in [-0.1, -0.05) is 12.1 Å². The normalized spacial score (nSPS) is 18.0. The van der Waals surface area contributed by atoms with Crippen LogP contribution in [0.1, 0.15) is 57.6 Å². The van der Waals surface area contributed by atoms with Crippen molar-refractivity contribution in [3.8, 4) is 5.75 Å². The van der Waals surface area contributed by atoms with Gasteiger partial charge in [0.1, 0.15) is 17.0 Å². The van der Waals surface area contributed by atoms with E-state index in [2.05, 4.69) is 15.7 Å². The average Bonchev–Trinajstić information content (AvgIpc) is 3.62. The predicted octanol–water partition coefficient (Wildman–Crippen LogP) is 4.38. The fourth-order valence-electron chi connectivity index (χ4n) is 5.44. The van der Waals surface area contributed by atoms with Crippen LogP contribution in [0.5, 0.6) is 5.75 Å². The molecular formula is C28H28N4O6S. The van der Waals surface area contributed by atoms with Crippen LogP contribution in [0.3, 0.4) is 0 Å². The number of nitrogens with one attached hydrogen (secondary N) is 2. The molecule has 3 heterocycles. The fourth-order valence-corrected chi connectivity index (χ4v) is 7.13. The number of amides is 2. The molecule has 0 saturated carbocycles. The van der Waals surface area contributed by atoms with Crippen molar-refractivity contribution in [1.29, 1.82) is 0 Å². The summed E-state index contributed by atoms with van der Waals surface area (Å²) in [4.78, 5) is 27.0. The molecule has 1 atom stereocenters. The molecule has 1 aliphatic heterocycles. The van der Waals surface area contributed by atoms with Crippen LogP contribution in [0.15, 0.2) is 52.9 Å². The molecule has 0 radical (unpaired) electrons. The second-order valence-corrected chi connectivity index (χ2v) is 12.2. The monoisotopic (exact) mass is 548 g/mol. The maximum absolute atomic E-state index is 13.7. The van der Waals surface area contributed by atoms with E-state index in [1.54, 1.807) is 60.3 Å². The van der Waals surface area contributed by atoms with Gasteiger partial charge in [0.2, 0.25) is 5.76 Å². The van der Waals surface area contributed by atoms with Crippen molar-refractivity contribution in [3.63, 3.8) is 0 Å². The molecule has 1 fully saturated rings. The van der Waals surface area contributed by atoms with Crippen molar-refractivity contribution >= 4 is 44.0 Å². The zero-order valence-corrected chi connectivity index (χ0v) is 22.2. The van der Waals surface area contributed by atoms with Gasteiger partial charge in [0.05, 0.1) is 24.7 Å². The van der Waals surface area contributed by atoms with Gasteiger partial charge in [0, 0.05) is 22.3 Å². The van der Waals surface area contributed by atoms with E-state index in [0.29, 0.717) is 35.2 Å². The van der Waals surface area contributed by atoms with Crippen LogP contribution in [-0.2, 0) is 22.7 Å². The number of aromatic nitrogens is 2. The number of methoxy groups -OCH3 is 1. The first-order chi connectivity index (χ1) is 18.8. The van der Waals surface area contributed by atoms with E-state index in [9.17, 15) is 18.0 Å². The minimum atomic E-state index is -3.12. The first-order valence-corrected chi connectivity index (χ1v) is 14.7. The second kappa shape index (κ2) is 9.88. The third-order valence-electron chi connectivity index (χ3n) is 7.37. The van der Waals surface area contributed by atoms with Crippen molar-refractivity contribution in [2.75, 3.05) is 29.2 Å². The number of para-hydroxylation sites is 1. The molecule has 0 unspecified atom stereocenters. The Labute approximate surface area is 225 Å². The summed E-state index contributed by atoms with van der Waals surface area (Å²) in [6.45, 7) is 0. The molecule has 0 bridgehead atoms. The molecule has 2 aromatic heterocycles. The number of hydrogen-bond donors (Lipinski definition) is 2. The van der Waals surface area contributed by atoms with E-state index >= 15 is 0 Å². The Morgan fingerprint density at radius 1 is 1.03 bits per heavy atom. The maximum Gasteiger partial charge on any atom is 0.293 e. The first-order valence-electron chi connectivity index (χ1n) is 12.9. The van der Waals surface area contributed by atoms with E-state index in [4.69, 9.17) is 9.15 Å². The number of nitrogens with zero attached hydrogens (tertiary/aromatic N) is 2. The number of ether oxygens (including phenoxy) is 1. The first kappa shape index (κ1) is 25.2. The number of furan rings is 1. The summed E-state index contributed by atoms with van der Waals surface area (Å²) in [7, 11) is -1.55. The quantitative estimate of drug-likeness (QED) is 0.365. The summed E-state index contributed by atoms with van der Waals surface area (Å²) in [5, 5.41) is 10.9. The van der Waals surface area contributed by atoms with E-state index < -0.39 is 21.7 Å². The minimum absolute atomic E-state index is 0.0319. The third-order valence-corrected chi connectivity index (χ3v) is 9.12. The number of benzene rings is 2. The molecule has 39 heavy (non-hydrogen) atoms. The molecule has 0 spiro atoms. The van der Waals surface area contributed by atoms with Gasteiger partial charge in [0.25, 0.3) is 11.8 Å². The van der Waals surface area contributed by atoms with Gasteiger partial charge in [0.15, 0.2) is 15.5 Å². The van der Waals surface area contributed by atoms with Gasteiger partial charge in [-0.15, -0.1) is 0 Å². The maximum atomic E-state index is 13.7. The molecule has 6 rings (SSSR count). The van der Waals surface area contributed by atoms with Crippen molar-refractivity contribution in [1.82, 2.24) is 9.78 Å². The summed E-state index contributed by atoms with van der Waals surface area (Å²) in [5.74, 6) is -0.197. The molecule has 10 nitrogen and oxygen atoms in total. The van der Waals surface area contributed by atoms with Crippen LogP contribution in [-0.4, -0.2) is 48.6 Å². The lowest BCUT2D eigenvalue weighted by molar-refractivity contribution is 0.0999. The molecule has 2 aromatic carbocycles. The molecule has 2 amide bonds. The smallest absolute Gasteiger partial charge is 0.293 e. The van der Waals surface area contributed by atoms with Crippen LogP contribution in [0.2, 0.25) is 0 Å². The topological polar surface area (TPSA) is 133 Å². The zero-order chi connectivity index (χ0) is 27.1. The van der Waals surface area contributed by atoms with E-state index in [1.165, 1.54) is 0 Å². The van der Waals surface area contributed by atoms with Crippen molar-refractivity contribution in [3.05, 3.63) is 71.2 Å². The third kappa shape index (κ3) is 4.78. The average molecular weight is 549 g/mol. The Balaban J connectivity index is 1.34. The Morgan fingerprint density at radius 3 is 2.54 bits per heavy atom. The molecule has 1 aliphatic carbocycles. The molecule has 202 valence electrons. The predicted molar refractivity (Wildman–Crippen MR) is 146 cm³/mol. The van der Waals surface area contributed by atoms with Gasteiger partial charge in [-0.25, -0.2) is 8.42 Å². The van der Waals surface area contributed by atoms with Crippen LogP contribution in [0, 0.1) is 0 Å². The Kier molecular flexibility index (Phi) is 6.38. The lowest BCUT2D eigenvalue weighted by Crippen LogP contribution is -2.19. The van der Waals surface area contributed by atoms with Crippen LogP contribution < -0.4 is 15.4 Å². The summed E-state index contributed by atoms with van der Waals surface area (Å²) in [5.41, 5.74) is 3.29. The lowest BCUT2D eigenvalue weighted by Gasteiger charge is -2.17. The van der Waals surface area contributed by atoms with Crippen molar-refractivity contribution in [2.24, 2.45) is 0 Å². The number of fused-ring (bicyclic) bond motifs is 2. The zero-order valence-electron chi connectivity index (χ0n) is 21.4. The highest BCUT2D eigenvalue weighted by Crippen LogP contribution is 2.34. The van der Waals surface area contributed by atoms with E-state index in [0.717, 1.165) is 30.5 Å². The van der Waals surface area contributed by atoms with Crippen molar-refractivity contribution < 1.29 is 27.2 Å². The summed E-state index contributed by atoms with van der Waals surface area (Å²) in [6.07, 6.45) is 3.80. The number of rotatable bonds is 6. The molecule has 4 aromatic rings. The number of hydrogen-bond acceptors (Lipinski definition) is 7. The van der Waals surface area contributed by atoms with Gasteiger partial charge in [-0.05, 0) is 68.5 Å². The second-order valence-electron chi connectivity index (χ2n) is 9.92. The van der Waals surface area contributed by atoms with E-state index in [-0.39, 0.29) is 34.7 Å². The number of carbonyl (C=O) groups excluding carboxylic acids is 2. The van der Waals surface area contributed by atoms with Gasteiger partial charge < -0.3 is 19.8 Å². The molecule has 2 N–H and O–H groups in total. The SMILES string of the molecule is COc1ccc(NC(=O)c2oc3ccccc3c2NC(=O)c2nn([C@@H]3CCS(=O)(=O)C3)c3c2CCCC3)cc1. The highest BCUT2D eigenvalue weighted by atomic mass is 32.2. The van der Waals surface area contributed by atoms with Crippen LogP contribution in [0.25, 0.3) is 11.0 Å². The standard InChI is InChI=1S/C28H28N4O6S/c1-37-19-12-10-17(11-13-19)29-28(34)26-24(21-7-3-5-9-23(21)38-26)30-27(33)25-20-6-2-4-8-22(20)32(31-25)18-14-15-39(35,36)16-18/h3,5,7,9-13,18H,2,4,6,8,14-16H2,1H3,(H,29,34)(H,30,33)/t18-/m1/s1. The van der Waals surface area contributed by atoms with E-state index in [1.807, 2.05) is 0 Å². The highest BCUT2D eigenvalue weighted by molar-refractivity contribution is 7.91. The summed E-state index contributed by atoms with van der Waals surface area (Å²) < 4.78 is 37.1.